The number of rotatable bonds is 9. The lowest BCUT2D eigenvalue weighted by atomic mass is 10.1. The first kappa shape index (κ1) is 24.1. The first-order valence-corrected chi connectivity index (χ1v) is 10.8. The summed E-state index contributed by atoms with van der Waals surface area (Å²) in [6.45, 7) is -0.683. The monoisotopic (exact) mass is 475 g/mol. The van der Waals surface area contributed by atoms with E-state index in [0.717, 1.165) is 18.2 Å². The number of benzene rings is 2. The van der Waals surface area contributed by atoms with E-state index in [4.69, 9.17) is 27.9 Å². The van der Waals surface area contributed by atoms with Crippen LogP contribution in [0.1, 0.15) is 27.1 Å². The quantitative estimate of drug-likeness (QED) is 0.425. The molecule has 0 saturated carbocycles. The van der Waals surface area contributed by atoms with Gasteiger partial charge in [-0.3, -0.25) is 9.59 Å². The van der Waals surface area contributed by atoms with Gasteiger partial charge in [0.15, 0.2) is 24.0 Å². The lowest BCUT2D eigenvalue weighted by molar-refractivity contribution is -0.144. The fourth-order valence-electron chi connectivity index (χ4n) is 2.38. The molecule has 2 aromatic carbocycles. The first-order valence-electron chi connectivity index (χ1n) is 8.62. The van der Waals surface area contributed by atoms with E-state index in [0.29, 0.717) is 10.8 Å². The van der Waals surface area contributed by atoms with Crippen molar-refractivity contribution in [2.75, 3.05) is 18.6 Å². The van der Waals surface area contributed by atoms with Gasteiger partial charge in [-0.1, -0.05) is 23.2 Å². The van der Waals surface area contributed by atoms with Crippen molar-refractivity contribution in [3.8, 4) is 0 Å². The van der Waals surface area contributed by atoms with E-state index in [1.165, 1.54) is 30.0 Å². The molecule has 2 aromatic rings. The van der Waals surface area contributed by atoms with Crippen LogP contribution in [0.15, 0.2) is 36.4 Å². The Morgan fingerprint density at radius 1 is 1.10 bits per heavy atom. The molecule has 1 atom stereocenters. The molecule has 0 fully saturated rings. The minimum atomic E-state index is -1.18. The number of carbonyl (C=O) groups excluding carboxylic acids is 3. The van der Waals surface area contributed by atoms with Crippen LogP contribution in [0.5, 0.6) is 0 Å². The lowest BCUT2D eigenvalue weighted by Crippen LogP contribution is -2.42. The summed E-state index contributed by atoms with van der Waals surface area (Å²) >= 11 is 13.3. The summed E-state index contributed by atoms with van der Waals surface area (Å²) < 4.78 is 31.2. The molecule has 0 aliphatic rings. The van der Waals surface area contributed by atoms with Crippen LogP contribution >= 0.6 is 35.0 Å². The second kappa shape index (κ2) is 11.3. The lowest BCUT2D eigenvalue weighted by Gasteiger charge is -2.17. The molecule has 0 saturated heterocycles. The zero-order valence-electron chi connectivity index (χ0n) is 15.7. The molecule has 0 radical (unpaired) electrons. The number of esters is 1. The predicted molar refractivity (Wildman–Crippen MR) is 112 cm³/mol. The van der Waals surface area contributed by atoms with E-state index in [1.807, 2.05) is 6.26 Å². The summed E-state index contributed by atoms with van der Waals surface area (Å²) in [6.07, 6.45) is 2.07. The van der Waals surface area contributed by atoms with Gasteiger partial charge >= 0.3 is 5.97 Å². The van der Waals surface area contributed by atoms with Gasteiger partial charge in [0, 0.05) is 10.6 Å². The highest BCUT2D eigenvalue weighted by molar-refractivity contribution is 7.98. The summed E-state index contributed by atoms with van der Waals surface area (Å²) in [4.78, 5) is 37.0. The van der Waals surface area contributed by atoms with Gasteiger partial charge in [0.2, 0.25) is 0 Å². The molecule has 0 spiro atoms. The highest BCUT2D eigenvalue weighted by atomic mass is 35.5. The third-order valence-electron chi connectivity index (χ3n) is 3.96. The van der Waals surface area contributed by atoms with Gasteiger partial charge in [0.1, 0.15) is 6.04 Å². The van der Waals surface area contributed by atoms with Crippen molar-refractivity contribution >= 4 is 52.6 Å². The zero-order chi connectivity index (χ0) is 22.3. The summed E-state index contributed by atoms with van der Waals surface area (Å²) in [6, 6.07) is 5.89. The van der Waals surface area contributed by atoms with Crippen molar-refractivity contribution in [1.82, 2.24) is 5.32 Å². The molecule has 5 nitrogen and oxygen atoms in total. The highest BCUT2D eigenvalue weighted by Gasteiger charge is 2.24. The Morgan fingerprint density at radius 2 is 1.83 bits per heavy atom. The predicted octanol–water partition coefficient (Wildman–Crippen LogP) is 4.55. The van der Waals surface area contributed by atoms with Crippen molar-refractivity contribution in [2.45, 2.75) is 12.5 Å². The molecular weight excluding hydrogens is 459 g/mol. The molecular formula is C20H17Cl2F2NO4S. The number of nitrogens with one attached hydrogen (secondary N) is 1. The summed E-state index contributed by atoms with van der Waals surface area (Å²) in [5.74, 6) is -3.89. The smallest absolute Gasteiger partial charge is 0.329 e. The van der Waals surface area contributed by atoms with Gasteiger partial charge in [0.05, 0.1) is 10.6 Å². The summed E-state index contributed by atoms with van der Waals surface area (Å²) in [7, 11) is 0. The molecule has 0 aliphatic carbocycles. The second-order valence-corrected chi connectivity index (χ2v) is 7.92. The molecule has 30 heavy (non-hydrogen) atoms. The van der Waals surface area contributed by atoms with Crippen LogP contribution < -0.4 is 5.32 Å². The van der Waals surface area contributed by atoms with E-state index in [9.17, 15) is 23.2 Å². The maximum atomic E-state index is 13.3. The number of hydrogen-bond donors (Lipinski definition) is 1. The van der Waals surface area contributed by atoms with E-state index < -0.39 is 41.9 Å². The summed E-state index contributed by atoms with van der Waals surface area (Å²) in [5.41, 5.74) is -0.0137. The molecule has 0 unspecified atom stereocenters. The number of hydrogen-bond acceptors (Lipinski definition) is 5. The highest BCUT2D eigenvalue weighted by Crippen LogP contribution is 2.21. The van der Waals surface area contributed by atoms with Gasteiger partial charge in [-0.25, -0.2) is 13.6 Å². The minimum Gasteiger partial charge on any atom is -0.456 e. The van der Waals surface area contributed by atoms with Crippen LogP contribution in [-0.4, -0.2) is 42.3 Å². The maximum absolute atomic E-state index is 13.3. The van der Waals surface area contributed by atoms with Crippen molar-refractivity contribution in [3.05, 3.63) is 69.2 Å². The van der Waals surface area contributed by atoms with Crippen LogP contribution in [0, 0.1) is 11.6 Å². The Bertz CT molecular complexity index is 958. The molecule has 1 amide bonds. The number of thioether (sulfide) groups is 1. The maximum Gasteiger partial charge on any atom is 0.329 e. The van der Waals surface area contributed by atoms with Gasteiger partial charge in [-0.15, -0.1) is 0 Å². The fraction of sp³-hybridized carbons (Fsp3) is 0.250. The standard InChI is InChI=1S/C20H17Cl2F2NO4S/c1-30-7-6-17(25-19(27)13-4-3-12(21)9-14(13)22)20(28)29-10-18(26)11-2-5-15(23)16(24)8-11/h2-5,8-9,17H,6-7,10H2,1H3,(H,25,27)/t17-/m1/s1. The number of halogens is 4. The van der Waals surface area contributed by atoms with Crippen LogP contribution in [-0.2, 0) is 9.53 Å². The minimum absolute atomic E-state index is 0.116. The van der Waals surface area contributed by atoms with Crippen LogP contribution in [0.2, 0.25) is 10.0 Å². The normalized spacial score (nSPS) is 11.6. The molecule has 0 heterocycles. The van der Waals surface area contributed by atoms with Crippen LogP contribution in [0.25, 0.3) is 0 Å². The number of carbonyl (C=O) groups is 3. The van der Waals surface area contributed by atoms with E-state index in [1.54, 1.807) is 0 Å². The van der Waals surface area contributed by atoms with Crippen LogP contribution in [0.4, 0.5) is 8.78 Å². The largest absolute Gasteiger partial charge is 0.456 e. The molecule has 0 bridgehead atoms. The third kappa shape index (κ3) is 6.68. The number of ketones is 1. The fourth-order valence-corrected chi connectivity index (χ4v) is 3.35. The Balaban J connectivity index is 2.04. The SMILES string of the molecule is CSCC[C@@H](NC(=O)c1ccc(Cl)cc1Cl)C(=O)OCC(=O)c1ccc(F)c(F)c1. The molecule has 2 rings (SSSR count). The number of amides is 1. The molecule has 160 valence electrons. The van der Waals surface area contributed by atoms with Crippen molar-refractivity contribution in [2.24, 2.45) is 0 Å². The first-order chi connectivity index (χ1) is 14.2. The number of Topliss-reactive ketones (excluding diaryl/α,β-unsaturated/α-hetero) is 1. The average Bonchev–Trinajstić information content (AvgIpc) is 2.70. The molecule has 1 N–H and O–H groups in total. The average molecular weight is 476 g/mol. The van der Waals surface area contributed by atoms with Gasteiger partial charge in [-0.05, 0) is 54.8 Å². The van der Waals surface area contributed by atoms with Gasteiger partial charge in [0.25, 0.3) is 5.91 Å². The Hall–Kier alpha value is -2.16. The van der Waals surface area contributed by atoms with Gasteiger partial charge in [-0.2, -0.15) is 11.8 Å². The Kier molecular flexibility index (Phi) is 9.08. The molecule has 10 heteroatoms. The van der Waals surface area contributed by atoms with Crippen LogP contribution in [0.3, 0.4) is 0 Å². The van der Waals surface area contributed by atoms with Crippen molar-refractivity contribution in [1.29, 1.82) is 0 Å². The molecule has 0 aromatic heterocycles. The third-order valence-corrected chi connectivity index (χ3v) is 5.16. The second-order valence-electron chi connectivity index (χ2n) is 6.09. The number of ether oxygens (including phenoxy) is 1. The van der Waals surface area contributed by atoms with E-state index in [-0.39, 0.29) is 22.6 Å². The topological polar surface area (TPSA) is 72.5 Å². The van der Waals surface area contributed by atoms with Crippen molar-refractivity contribution in [3.63, 3.8) is 0 Å². The van der Waals surface area contributed by atoms with E-state index >= 15 is 0 Å². The van der Waals surface area contributed by atoms with Crippen molar-refractivity contribution < 1.29 is 27.9 Å². The Morgan fingerprint density at radius 3 is 2.47 bits per heavy atom. The summed E-state index contributed by atoms with van der Waals surface area (Å²) in [5, 5.41) is 3.00. The molecule has 0 aliphatic heterocycles. The zero-order valence-corrected chi connectivity index (χ0v) is 18.0. The Labute approximate surface area is 186 Å². The van der Waals surface area contributed by atoms with Gasteiger partial charge < -0.3 is 10.1 Å². The van der Waals surface area contributed by atoms with E-state index in [2.05, 4.69) is 5.32 Å².